The number of hydrogen-bond donors (Lipinski definition) is 1. The molecule has 2 fully saturated rings. The Balaban J connectivity index is 1.43. The molecule has 1 unspecified atom stereocenters. The third-order valence-corrected chi connectivity index (χ3v) is 6.42. The normalized spacial score (nSPS) is 19.8. The number of amides is 1. The summed E-state index contributed by atoms with van der Waals surface area (Å²) in [5.74, 6) is 0.696. The van der Waals surface area contributed by atoms with Crippen molar-refractivity contribution in [2.75, 3.05) is 32.3 Å². The predicted octanol–water partition coefficient (Wildman–Crippen LogP) is 3.69. The van der Waals surface area contributed by atoms with Crippen LogP contribution in [0.3, 0.4) is 0 Å². The lowest BCUT2D eigenvalue weighted by Gasteiger charge is -2.22. The molecule has 32 heavy (non-hydrogen) atoms. The molecule has 0 radical (unpaired) electrons. The molecule has 0 bridgehead atoms. The van der Waals surface area contributed by atoms with E-state index in [4.69, 9.17) is 14.2 Å². The van der Waals surface area contributed by atoms with Crippen LogP contribution >= 0.6 is 0 Å². The van der Waals surface area contributed by atoms with Gasteiger partial charge in [-0.05, 0) is 54.8 Å². The highest BCUT2D eigenvalue weighted by Gasteiger charge is 2.33. The zero-order chi connectivity index (χ0) is 22.7. The van der Waals surface area contributed by atoms with Crippen LogP contribution in [0.15, 0.2) is 42.5 Å². The highest BCUT2D eigenvalue weighted by molar-refractivity contribution is 5.97. The van der Waals surface area contributed by atoms with Crippen molar-refractivity contribution in [3.05, 3.63) is 53.6 Å². The van der Waals surface area contributed by atoms with Gasteiger partial charge in [0, 0.05) is 24.6 Å². The minimum Gasteiger partial charge on any atom is -0.496 e. The number of aliphatic hydroxyl groups is 1. The van der Waals surface area contributed by atoms with Crippen molar-refractivity contribution < 1.29 is 28.9 Å². The highest BCUT2D eigenvalue weighted by atomic mass is 16.5. The lowest BCUT2D eigenvalue weighted by atomic mass is 9.96. The summed E-state index contributed by atoms with van der Waals surface area (Å²) in [6.07, 6.45) is 4.01. The number of hydrogen-bond acceptors (Lipinski definition) is 6. The molecule has 7 nitrogen and oxygen atoms in total. The first kappa shape index (κ1) is 22.1. The van der Waals surface area contributed by atoms with Gasteiger partial charge in [-0.15, -0.1) is 0 Å². The van der Waals surface area contributed by atoms with Gasteiger partial charge in [-0.3, -0.25) is 4.79 Å². The van der Waals surface area contributed by atoms with Crippen molar-refractivity contribution in [1.82, 2.24) is 0 Å². The number of anilines is 1. The molecule has 0 spiro atoms. The highest BCUT2D eigenvalue weighted by Crippen LogP contribution is 2.35. The van der Waals surface area contributed by atoms with Crippen molar-refractivity contribution in [1.29, 1.82) is 0 Å². The molecule has 1 aliphatic carbocycles. The average molecular weight is 440 g/mol. The zero-order valence-corrected chi connectivity index (χ0v) is 18.5. The summed E-state index contributed by atoms with van der Waals surface area (Å²) in [5, 5.41) is 10.4. The summed E-state index contributed by atoms with van der Waals surface area (Å²) in [4.78, 5) is 26.4. The number of carbonyl (C=O) groups excluding carboxylic acids is 2. The van der Waals surface area contributed by atoms with Gasteiger partial charge in [0.05, 0.1) is 19.8 Å². The smallest absolute Gasteiger partial charge is 0.341 e. The second-order valence-electron chi connectivity index (χ2n) is 8.57. The van der Waals surface area contributed by atoms with Crippen LogP contribution in [0, 0.1) is 0 Å². The lowest BCUT2D eigenvalue weighted by Crippen LogP contribution is -2.32. The first-order chi connectivity index (χ1) is 15.4. The number of carbonyl (C=O) groups is 2. The van der Waals surface area contributed by atoms with Gasteiger partial charge >= 0.3 is 5.97 Å². The van der Waals surface area contributed by atoms with Crippen molar-refractivity contribution >= 4 is 17.6 Å². The molecule has 7 heteroatoms. The fourth-order valence-corrected chi connectivity index (χ4v) is 4.54. The van der Waals surface area contributed by atoms with Crippen LogP contribution in [0.1, 0.15) is 53.9 Å². The van der Waals surface area contributed by atoms with Crippen LogP contribution in [0.2, 0.25) is 0 Å². The topological polar surface area (TPSA) is 85.3 Å². The Bertz CT molecular complexity index is 980. The molecule has 0 aromatic heterocycles. The summed E-state index contributed by atoms with van der Waals surface area (Å²) in [7, 11) is 2.84. The molecule has 1 saturated carbocycles. The van der Waals surface area contributed by atoms with E-state index in [0.717, 1.165) is 36.9 Å². The van der Waals surface area contributed by atoms with E-state index >= 15 is 0 Å². The van der Waals surface area contributed by atoms with E-state index in [1.54, 1.807) is 17.0 Å². The van der Waals surface area contributed by atoms with Crippen LogP contribution in [0.25, 0.3) is 0 Å². The van der Waals surface area contributed by atoms with Crippen molar-refractivity contribution in [2.45, 2.75) is 43.6 Å². The van der Waals surface area contributed by atoms with Crippen LogP contribution < -0.4 is 14.4 Å². The second kappa shape index (κ2) is 9.20. The van der Waals surface area contributed by atoms with Crippen molar-refractivity contribution in [2.24, 2.45) is 0 Å². The summed E-state index contributed by atoms with van der Waals surface area (Å²) in [6.45, 7) is 0.833. The molecular formula is C25H29NO6. The van der Waals surface area contributed by atoms with Gasteiger partial charge in [-0.1, -0.05) is 18.9 Å². The van der Waals surface area contributed by atoms with Gasteiger partial charge in [-0.2, -0.15) is 0 Å². The monoisotopic (exact) mass is 439 g/mol. The SMILES string of the molecule is COC(=O)c1ccc(C2CC(=O)N(c3ccc(OCC4(O)CCCC4)cc3)C2)cc1OC. The Morgan fingerprint density at radius 2 is 1.84 bits per heavy atom. The Labute approximate surface area is 187 Å². The van der Waals surface area contributed by atoms with E-state index < -0.39 is 11.6 Å². The Morgan fingerprint density at radius 3 is 2.50 bits per heavy atom. The molecule has 1 atom stereocenters. The Kier molecular flexibility index (Phi) is 6.37. The predicted molar refractivity (Wildman–Crippen MR) is 119 cm³/mol. The Hall–Kier alpha value is -3.06. The fraction of sp³-hybridized carbons (Fsp3) is 0.440. The quantitative estimate of drug-likeness (QED) is 0.663. The third kappa shape index (κ3) is 4.58. The standard InChI is InChI=1S/C25H29NO6/c1-30-22-13-17(5-10-21(22)24(28)31-2)18-14-23(27)26(15-18)19-6-8-20(9-7-19)32-16-25(29)11-3-4-12-25/h5-10,13,18,29H,3-4,11-12,14-16H2,1-2H3. The molecule has 2 aromatic carbocycles. The maximum atomic E-state index is 12.7. The van der Waals surface area contributed by atoms with Crippen molar-refractivity contribution in [3.8, 4) is 11.5 Å². The summed E-state index contributed by atoms with van der Waals surface area (Å²) in [6, 6.07) is 12.7. The first-order valence-corrected chi connectivity index (χ1v) is 10.9. The minimum absolute atomic E-state index is 0.00404. The molecule has 2 aromatic rings. The van der Waals surface area contributed by atoms with Crippen LogP contribution in [0.5, 0.6) is 11.5 Å². The molecule has 1 saturated heterocycles. The molecule has 1 aliphatic heterocycles. The van der Waals surface area contributed by atoms with Gasteiger partial charge in [0.25, 0.3) is 0 Å². The minimum atomic E-state index is -0.721. The maximum absolute atomic E-state index is 12.7. The number of nitrogens with zero attached hydrogens (tertiary/aromatic N) is 1. The summed E-state index contributed by atoms with van der Waals surface area (Å²) < 4.78 is 15.9. The van der Waals surface area contributed by atoms with Crippen LogP contribution in [-0.2, 0) is 9.53 Å². The number of ether oxygens (including phenoxy) is 3. The van der Waals surface area contributed by atoms with Crippen molar-refractivity contribution in [3.63, 3.8) is 0 Å². The molecule has 1 N–H and O–H groups in total. The summed E-state index contributed by atoms with van der Waals surface area (Å²) in [5.41, 5.74) is 1.39. The van der Waals surface area contributed by atoms with Crippen LogP contribution in [0.4, 0.5) is 5.69 Å². The number of benzene rings is 2. The summed E-state index contributed by atoms with van der Waals surface area (Å²) >= 11 is 0. The van der Waals surface area contributed by atoms with E-state index in [1.165, 1.54) is 14.2 Å². The van der Waals surface area contributed by atoms with Gasteiger partial charge in [0.1, 0.15) is 23.7 Å². The third-order valence-electron chi connectivity index (χ3n) is 6.42. The van der Waals surface area contributed by atoms with E-state index in [1.807, 2.05) is 30.3 Å². The molecule has 1 amide bonds. The lowest BCUT2D eigenvalue weighted by molar-refractivity contribution is -0.117. The molecule has 2 aliphatic rings. The number of esters is 1. The number of methoxy groups -OCH3 is 2. The van der Waals surface area contributed by atoms with E-state index in [-0.39, 0.29) is 11.8 Å². The van der Waals surface area contributed by atoms with E-state index in [9.17, 15) is 14.7 Å². The van der Waals surface area contributed by atoms with Gasteiger partial charge in [0.2, 0.25) is 5.91 Å². The molecule has 1 heterocycles. The average Bonchev–Trinajstić information content (AvgIpc) is 3.43. The molecular weight excluding hydrogens is 410 g/mol. The second-order valence-corrected chi connectivity index (χ2v) is 8.57. The first-order valence-electron chi connectivity index (χ1n) is 10.9. The Morgan fingerprint density at radius 1 is 1.12 bits per heavy atom. The van der Waals surface area contributed by atoms with E-state index in [0.29, 0.717) is 36.6 Å². The largest absolute Gasteiger partial charge is 0.496 e. The van der Waals surface area contributed by atoms with Gasteiger partial charge < -0.3 is 24.2 Å². The fourth-order valence-electron chi connectivity index (χ4n) is 4.54. The van der Waals surface area contributed by atoms with Crippen LogP contribution in [-0.4, -0.2) is 50.0 Å². The van der Waals surface area contributed by atoms with Gasteiger partial charge in [-0.25, -0.2) is 4.79 Å². The molecule has 170 valence electrons. The zero-order valence-electron chi connectivity index (χ0n) is 18.5. The molecule has 4 rings (SSSR count). The van der Waals surface area contributed by atoms with Gasteiger partial charge in [0.15, 0.2) is 0 Å². The maximum Gasteiger partial charge on any atom is 0.341 e. The number of rotatable bonds is 7. The van der Waals surface area contributed by atoms with E-state index in [2.05, 4.69) is 0 Å².